The minimum Gasteiger partial charge on any atom is -0.484 e. The molecule has 0 bridgehead atoms. The van der Waals surface area contributed by atoms with Crippen LogP contribution < -0.4 is 4.74 Å². The molecule has 3 aromatic rings. The second-order valence-corrected chi connectivity index (χ2v) is 9.48. The van der Waals surface area contributed by atoms with Crippen molar-refractivity contribution in [1.82, 2.24) is 15.0 Å². The second-order valence-electron chi connectivity index (χ2n) is 8.53. The van der Waals surface area contributed by atoms with Crippen LogP contribution in [0.5, 0.6) is 5.75 Å². The lowest BCUT2D eigenvalue weighted by Crippen LogP contribution is -2.41. The Kier molecular flexibility index (Phi) is 6.27. The van der Waals surface area contributed by atoms with E-state index in [0.717, 1.165) is 29.7 Å². The Morgan fingerprint density at radius 1 is 1.23 bits per heavy atom. The van der Waals surface area contributed by atoms with Crippen LogP contribution in [0, 0.1) is 0 Å². The van der Waals surface area contributed by atoms with Crippen molar-refractivity contribution in [2.24, 2.45) is 0 Å². The van der Waals surface area contributed by atoms with Crippen molar-refractivity contribution >= 4 is 17.4 Å². The van der Waals surface area contributed by atoms with Gasteiger partial charge in [-0.1, -0.05) is 23.4 Å². The molecule has 8 heteroatoms. The van der Waals surface area contributed by atoms with E-state index in [4.69, 9.17) is 14.0 Å². The average Bonchev–Trinajstić information content (AvgIpc) is 3.43. The third-order valence-corrected chi connectivity index (χ3v) is 5.83. The molecular formula is C23H27N3O4S. The molecule has 1 aromatic carbocycles. The number of benzene rings is 1. The number of hydrogen-bond acceptors (Lipinski definition) is 7. The first-order valence-corrected chi connectivity index (χ1v) is 11.4. The molecule has 0 saturated carbocycles. The van der Waals surface area contributed by atoms with Crippen LogP contribution in [0.1, 0.15) is 57.5 Å². The van der Waals surface area contributed by atoms with E-state index in [0.29, 0.717) is 24.0 Å². The highest BCUT2D eigenvalue weighted by Gasteiger charge is 2.31. The van der Waals surface area contributed by atoms with Crippen LogP contribution in [0.15, 0.2) is 46.3 Å². The normalized spacial score (nSPS) is 16.9. The number of carbonyl (C=O) groups excluding carboxylic acids is 1. The molecule has 1 fully saturated rings. The van der Waals surface area contributed by atoms with Crippen molar-refractivity contribution < 1.29 is 18.8 Å². The van der Waals surface area contributed by atoms with E-state index in [2.05, 4.69) is 10.1 Å². The highest BCUT2D eigenvalue weighted by molar-refractivity contribution is 7.13. The number of piperidine rings is 1. The van der Waals surface area contributed by atoms with Crippen LogP contribution in [-0.4, -0.2) is 33.3 Å². The fraction of sp³-hybridized carbons (Fsp3) is 0.435. The molecule has 1 amide bonds. The number of hydrogen-bond donors (Lipinski definition) is 0. The van der Waals surface area contributed by atoms with Crippen molar-refractivity contribution in [2.45, 2.75) is 58.3 Å². The van der Waals surface area contributed by atoms with E-state index >= 15 is 0 Å². The lowest BCUT2D eigenvalue weighted by Gasteiger charge is -2.37. The number of carbonyl (C=O) groups is 1. The smallest absolute Gasteiger partial charge is 0.410 e. The highest BCUT2D eigenvalue weighted by Crippen LogP contribution is 2.33. The minimum atomic E-state index is -0.505. The zero-order chi connectivity index (χ0) is 21.8. The summed E-state index contributed by atoms with van der Waals surface area (Å²) in [6.45, 7) is 6.58. The first-order valence-electron chi connectivity index (χ1n) is 10.5. The zero-order valence-electron chi connectivity index (χ0n) is 18.0. The summed E-state index contributed by atoms with van der Waals surface area (Å²) in [5, 5.41) is 5.96. The van der Waals surface area contributed by atoms with Gasteiger partial charge in [-0.15, -0.1) is 11.3 Å². The van der Waals surface area contributed by atoms with Gasteiger partial charge in [0.1, 0.15) is 11.4 Å². The van der Waals surface area contributed by atoms with E-state index in [1.165, 1.54) is 0 Å². The molecule has 1 unspecified atom stereocenters. The minimum absolute atomic E-state index is 0.0157. The lowest BCUT2D eigenvalue weighted by molar-refractivity contribution is 0.00951. The predicted molar refractivity (Wildman–Crippen MR) is 118 cm³/mol. The van der Waals surface area contributed by atoms with Gasteiger partial charge in [-0.25, -0.2) is 4.79 Å². The van der Waals surface area contributed by atoms with E-state index in [9.17, 15) is 4.79 Å². The van der Waals surface area contributed by atoms with Gasteiger partial charge in [0.15, 0.2) is 6.61 Å². The Labute approximate surface area is 186 Å². The maximum atomic E-state index is 12.7. The number of aromatic nitrogens is 2. The average molecular weight is 442 g/mol. The molecule has 2 aromatic heterocycles. The maximum absolute atomic E-state index is 12.7. The number of thiophene rings is 1. The Morgan fingerprint density at radius 3 is 2.74 bits per heavy atom. The van der Waals surface area contributed by atoms with Crippen molar-refractivity contribution in [3.8, 4) is 16.5 Å². The summed E-state index contributed by atoms with van der Waals surface area (Å²) < 4.78 is 16.7. The fourth-order valence-corrected chi connectivity index (χ4v) is 4.22. The Hall–Kier alpha value is -2.87. The van der Waals surface area contributed by atoms with Crippen LogP contribution in [0.2, 0.25) is 0 Å². The monoisotopic (exact) mass is 441 g/mol. The molecule has 7 nitrogen and oxygen atoms in total. The van der Waals surface area contributed by atoms with Crippen LogP contribution >= 0.6 is 11.3 Å². The maximum Gasteiger partial charge on any atom is 0.410 e. The molecule has 1 saturated heterocycles. The molecule has 3 heterocycles. The molecule has 0 aliphatic carbocycles. The summed E-state index contributed by atoms with van der Waals surface area (Å²) in [7, 11) is 0. The van der Waals surface area contributed by atoms with E-state index in [1.54, 1.807) is 11.3 Å². The third kappa shape index (κ3) is 5.44. The summed E-state index contributed by atoms with van der Waals surface area (Å²) in [5.74, 6) is 1.71. The number of nitrogens with zero attached hydrogens (tertiary/aromatic N) is 3. The molecule has 31 heavy (non-hydrogen) atoms. The zero-order valence-corrected chi connectivity index (χ0v) is 18.9. The third-order valence-electron chi connectivity index (χ3n) is 4.97. The van der Waals surface area contributed by atoms with Gasteiger partial charge >= 0.3 is 6.09 Å². The standard InChI is InChI=1S/C23H27N3O4S/c1-23(2,3)29-22(27)26-13-5-4-7-18(26)16-9-11-17(12-10-16)28-15-20-24-21(25-30-20)19-8-6-14-31-19/h6,8-12,14,18H,4-5,7,13,15H2,1-3H3. The van der Waals surface area contributed by atoms with Crippen LogP contribution in [0.25, 0.3) is 10.7 Å². The van der Waals surface area contributed by atoms with Crippen molar-refractivity contribution in [3.63, 3.8) is 0 Å². The summed E-state index contributed by atoms with van der Waals surface area (Å²) in [6.07, 6.45) is 2.75. The number of likely N-dealkylation sites (tertiary alicyclic amines) is 1. The Morgan fingerprint density at radius 2 is 2.03 bits per heavy atom. The van der Waals surface area contributed by atoms with Gasteiger partial charge in [-0.05, 0) is 69.2 Å². The lowest BCUT2D eigenvalue weighted by atomic mass is 9.95. The van der Waals surface area contributed by atoms with Crippen molar-refractivity contribution in [1.29, 1.82) is 0 Å². The Balaban J connectivity index is 1.38. The fourth-order valence-electron chi connectivity index (χ4n) is 3.57. The molecule has 4 rings (SSSR count). The first-order chi connectivity index (χ1) is 14.9. The van der Waals surface area contributed by atoms with Gasteiger partial charge < -0.3 is 18.9 Å². The molecule has 0 radical (unpaired) electrons. The van der Waals surface area contributed by atoms with Crippen molar-refractivity contribution in [3.05, 3.63) is 53.2 Å². The van der Waals surface area contributed by atoms with E-state index in [-0.39, 0.29) is 18.7 Å². The molecule has 1 aliphatic rings. The van der Waals surface area contributed by atoms with E-state index < -0.39 is 5.60 Å². The quantitative estimate of drug-likeness (QED) is 0.495. The number of amides is 1. The molecule has 164 valence electrons. The molecular weight excluding hydrogens is 414 g/mol. The van der Waals surface area contributed by atoms with Crippen molar-refractivity contribution in [2.75, 3.05) is 6.54 Å². The summed E-state index contributed by atoms with van der Waals surface area (Å²) >= 11 is 1.56. The first kappa shape index (κ1) is 21.4. The van der Waals surface area contributed by atoms with Gasteiger partial charge in [0.25, 0.3) is 5.89 Å². The predicted octanol–water partition coefficient (Wildman–Crippen LogP) is 5.84. The summed E-state index contributed by atoms with van der Waals surface area (Å²) in [5.41, 5.74) is 0.574. The van der Waals surface area contributed by atoms with Gasteiger partial charge in [0.2, 0.25) is 5.82 Å². The summed E-state index contributed by atoms with van der Waals surface area (Å²) in [6, 6.07) is 11.7. The number of ether oxygens (including phenoxy) is 2. The highest BCUT2D eigenvalue weighted by atomic mass is 32.1. The van der Waals surface area contributed by atoms with Gasteiger partial charge in [0.05, 0.1) is 10.9 Å². The van der Waals surface area contributed by atoms with Gasteiger partial charge in [-0.3, -0.25) is 0 Å². The van der Waals surface area contributed by atoms with Gasteiger partial charge in [0, 0.05) is 6.54 Å². The second kappa shape index (κ2) is 9.09. The largest absolute Gasteiger partial charge is 0.484 e. The van der Waals surface area contributed by atoms with E-state index in [1.807, 2.05) is 67.4 Å². The SMILES string of the molecule is CC(C)(C)OC(=O)N1CCCCC1c1ccc(OCc2nc(-c3cccs3)no2)cc1. The topological polar surface area (TPSA) is 77.7 Å². The van der Waals surface area contributed by atoms with Crippen LogP contribution in [0.4, 0.5) is 4.79 Å². The Bertz CT molecular complexity index is 993. The molecule has 0 spiro atoms. The number of rotatable bonds is 5. The van der Waals surface area contributed by atoms with Gasteiger partial charge in [-0.2, -0.15) is 4.98 Å². The molecule has 1 aliphatic heterocycles. The van der Waals surface area contributed by atoms with Crippen LogP contribution in [0.3, 0.4) is 0 Å². The molecule has 1 atom stereocenters. The summed E-state index contributed by atoms with van der Waals surface area (Å²) in [4.78, 5) is 19.8. The molecule has 0 N–H and O–H groups in total. The van der Waals surface area contributed by atoms with Crippen LogP contribution in [-0.2, 0) is 11.3 Å².